The molecule has 0 saturated heterocycles. The molecule has 18 heavy (non-hydrogen) atoms. The number of carboxylic acids is 1. The van der Waals surface area contributed by atoms with Crippen LogP contribution in [0, 0.1) is 17.8 Å². The van der Waals surface area contributed by atoms with Crippen molar-refractivity contribution in [1.29, 1.82) is 0 Å². The lowest BCUT2D eigenvalue weighted by molar-refractivity contribution is -0.196. The predicted octanol–water partition coefficient (Wildman–Crippen LogP) is 2.37. The van der Waals surface area contributed by atoms with Gasteiger partial charge < -0.3 is 10.0 Å². The smallest absolute Gasteiger partial charge is 0.403 e. The third kappa shape index (κ3) is 4.15. The lowest BCUT2D eigenvalue weighted by atomic mass is 10.1. The summed E-state index contributed by atoms with van der Waals surface area (Å²) in [4.78, 5) is 12.4. The van der Waals surface area contributed by atoms with Gasteiger partial charge >= 0.3 is 12.1 Å². The van der Waals surface area contributed by atoms with Gasteiger partial charge in [-0.1, -0.05) is 0 Å². The molecular formula is C12H18F3NO2. The van der Waals surface area contributed by atoms with Crippen LogP contribution in [-0.4, -0.2) is 41.8 Å². The molecule has 2 aliphatic carbocycles. The maximum Gasteiger partial charge on any atom is 0.403 e. The van der Waals surface area contributed by atoms with E-state index in [0.29, 0.717) is 24.9 Å². The Labute approximate surface area is 104 Å². The SMILES string of the molecule is O=C(O)C(CN(CC1CC1)CC1CC1)C(F)(F)F. The molecule has 2 rings (SSSR count). The predicted molar refractivity (Wildman–Crippen MR) is 59.1 cm³/mol. The first-order valence-electron chi connectivity index (χ1n) is 6.38. The number of hydrogen-bond donors (Lipinski definition) is 1. The molecule has 1 atom stereocenters. The van der Waals surface area contributed by atoms with Crippen molar-refractivity contribution >= 4 is 5.97 Å². The number of halogens is 3. The van der Waals surface area contributed by atoms with Gasteiger partial charge in [0.1, 0.15) is 0 Å². The molecule has 2 aliphatic rings. The molecule has 6 heteroatoms. The van der Waals surface area contributed by atoms with Gasteiger partial charge in [0.25, 0.3) is 0 Å². The molecule has 0 amide bonds. The summed E-state index contributed by atoms with van der Waals surface area (Å²) in [5.41, 5.74) is 0. The average Bonchev–Trinajstić information content (AvgIpc) is 3.05. The quantitative estimate of drug-likeness (QED) is 0.768. The van der Waals surface area contributed by atoms with Crippen LogP contribution in [0.4, 0.5) is 13.2 Å². The molecule has 0 aromatic rings. The van der Waals surface area contributed by atoms with E-state index in [1.54, 1.807) is 4.90 Å². The minimum Gasteiger partial charge on any atom is -0.481 e. The number of hydrogen-bond acceptors (Lipinski definition) is 2. The van der Waals surface area contributed by atoms with Crippen LogP contribution in [-0.2, 0) is 4.79 Å². The molecule has 2 fully saturated rings. The van der Waals surface area contributed by atoms with Crippen LogP contribution < -0.4 is 0 Å². The fourth-order valence-electron chi connectivity index (χ4n) is 2.13. The number of aliphatic carboxylic acids is 1. The van der Waals surface area contributed by atoms with Gasteiger partial charge in [0.15, 0.2) is 5.92 Å². The minimum absolute atomic E-state index is 0.397. The van der Waals surface area contributed by atoms with Gasteiger partial charge in [0.2, 0.25) is 0 Å². The van der Waals surface area contributed by atoms with Crippen molar-refractivity contribution in [3.8, 4) is 0 Å². The van der Waals surface area contributed by atoms with Gasteiger partial charge in [-0.05, 0) is 37.5 Å². The molecular weight excluding hydrogens is 247 g/mol. The van der Waals surface area contributed by atoms with E-state index in [0.717, 1.165) is 25.7 Å². The molecule has 0 aliphatic heterocycles. The van der Waals surface area contributed by atoms with Gasteiger partial charge in [0.05, 0.1) is 0 Å². The zero-order chi connectivity index (χ0) is 13.3. The van der Waals surface area contributed by atoms with Gasteiger partial charge in [-0.25, -0.2) is 0 Å². The number of carbonyl (C=O) groups is 1. The second-order valence-electron chi connectivity index (χ2n) is 5.54. The van der Waals surface area contributed by atoms with Crippen molar-refractivity contribution in [3.63, 3.8) is 0 Å². The van der Waals surface area contributed by atoms with E-state index < -0.39 is 24.6 Å². The minimum atomic E-state index is -4.66. The molecule has 1 unspecified atom stereocenters. The van der Waals surface area contributed by atoms with Crippen molar-refractivity contribution in [1.82, 2.24) is 4.90 Å². The molecule has 1 N–H and O–H groups in total. The Morgan fingerprint density at radius 1 is 1.17 bits per heavy atom. The zero-order valence-electron chi connectivity index (χ0n) is 10.1. The molecule has 0 radical (unpaired) electrons. The normalized spacial score (nSPS) is 22.2. The van der Waals surface area contributed by atoms with E-state index >= 15 is 0 Å². The van der Waals surface area contributed by atoms with E-state index in [2.05, 4.69) is 0 Å². The third-order valence-corrected chi connectivity index (χ3v) is 3.56. The van der Waals surface area contributed by atoms with Crippen molar-refractivity contribution in [3.05, 3.63) is 0 Å². The van der Waals surface area contributed by atoms with Crippen molar-refractivity contribution < 1.29 is 23.1 Å². The number of carboxylic acid groups (broad SMARTS) is 1. The molecule has 0 bridgehead atoms. The van der Waals surface area contributed by atoms with Gasteiger partial charge in [-0.3, -0.25) is 4.79 Å². The van der Waals surface area contributed by atoms with Gasteiger partial charge in [-0.15, -0.1) is 0 Å². The fourth-order valence-corrected chi connectivity index (χ4v) is 2.13. The topological polar surface area (TPSA) is 40.5 Å². The lowest BCUT2D eigenvalue weighted by Gasteiger charge is -2.26. The number of nitrogens with zero attached hydrogens (tertiary/aromatic N) is 1. The molecule has 0 aromatic heterocycles. The Bertz CT molecular complexity index is 297. The van der Waals surface area contributed by atoms with Crippen LogP contribution in [0.5, 0.6) is 0 Å². The van der Waals surface area contributed by atoms with Crippen molar-refractivity contribution in [2.45, 2.75) is 31.9 Å². The third-order valence-electron chi connectivity index (χ3n) is 3.56. The molecule has 104 valence electrons. The standard InChI is InChI=1S/C12H18F3NO2/c13-12(14,15)10(11(17)18)7-16(5-8-1-2-8)6-9-3-4-9/h8-10H,1-7H2,(H,17,18). The lowest BCUT2D eigenvalue weighted by Crippen LogP contribution is -2.42. The monoisotopic (exact) mass is 265 g/mol. The molecule has 0 aromatic carbocycles. The first kappa shape index (κ1) is 13.6. The Hall–Kier alpha value is -0.780. The first-order chi connectivity index (χ1) is 8.36. The summed E-state index contributed by atoms with van der Waals surface area (Å²) < 4.78 is 37.9. The summed E-state index contributed by atoms with van der Waals surface area (Å²) in [7, 11) is 0. The van der Waals surface area contributed by atoms with Gasteiger partial charge in [0, 0.05) is 19.6 Å². The molecule has 3 nitrogen and oxygen atoms in total. The average molecular weight is 265 g/mol. The second kappa shape index (κ2) is 5.07. The van der Waals surface area contributed by atoms with Crippen LogP contribution in [0.3, 0.4) is 0 Å². The number of rotatable bonds is 7. The van der Waals surface area contributed by atoms with Crippen molar-refractivity contribution in [2.75, 3.05) is 19.6 Å². The largest absolute Gasteiger partial charge is 0.481 e. The highest BCUT2D eigenvalue weighted by Gasteiger charge is 2.46. The Kier molecular flexibility index (Phi) is 3.84. The van der Waals surface area contributed by atoms with Crippen LogP contribution in [0.1, 0.15) is 25.7 Å². The Morgan fingerprint density at radius 3 is 1.89 bits per heavy atom. The van der Waals surface area contributed by atoms with Crippen LogP contribution in [0.15, 0.2) is 0 Å². The maximum absolute atomic E-state index is 12.6. The van der Waals surface area contributed by atoms with E-state index in [1.807, 2.05) is 0 Å². The van der Waals surface area contributed by atoms with E-state index in [-0.39, 0.29) is 0 Å². The van der Waals surface area contributed by atoms with Crippen LogP contribution in [0.25, 0.3) is 0 Å². The summed E-state index contributed by atoms with van der Waals surface area (Å²) in [5, 5.41) is 8.71. The Balaban J connectivity index is 1.92. The summed E-state index contributed by atoms with van der Waals surface area (Å²) in [6.45, 7) is 0.846. The summed E-state index contributed by atoms with van der Waals surface area (Å²) in [5.74, 6) is -3.06. The highest BCUT2D eigenvalue weighted by atomic mass is 19.4. The van der Waals surface area contributed by atoms with Crippen molar-refractivity contribution in [2.24, 2.45) is 17.8 Å². The Morgan fingerprint density at radius 2 is 1.61 bits per heavy atom. The molecule has 0 spiro atoms. The summed E-state index contributed by atoms with van der Waals surface area (Å²) in [6, 6.07) is 0. The summed E-state index contributed by atoms with van der Waals surface area (Å²) >= 11 is 0. The van der Waals surface area contributed by atoms with E-state index in [1.165, 1.54) is 0 Å². The second-order valence-corrected chi connectivity index (χ2v) is 5.54. The van der Waals surface area contributed by atoms with Gasteiger partial charge in [-0.2, -0.15) is 13.2 Å². The molecule has 0 heterocycles. The first-order valence-corrected chi connectivity index (χ1v) is 6.38. The highest BCUT2D eigenvalue weighted by Crippen LogP contribution is 2.35. The van der Waals surface area contributed by atoms with Crippen LogP contribution >= 0.6 is 0 Å². The highest BCUT2D eigenvalue weighted by molar-refractivity contribution is 5.71. The van der Waals surface area contributed by atoms with Crippen LogP contribution in [0.2, 0.25) is 0 Å². The summed E-state index contributed by atoms with van der Waals surface area (Å²) in [6.07, 6.45) is -0.414. The maximum atomic E-state index is 12.6. The van der Waals surface area contributed by atoms with E-state index in [9.17, 15) is 18.0 Å². The molecule has 2 saturated carbocycles. The fraction of sp³-hybridized carbons (Fsp3) is 0.917. The number of alkyl halides is 3. The van der Waals surface area contributed by atoms with E-state index in [4.69, 9.17) is 5.11 Å². The zero-order valence-corrected chi connectivity index (χ0v) is 10.1.